The van der Waals surface area contributed by atoms with Crippen molar-refractivity contribution in [2.75, 3.05) is 12.8 Å². The second-order valence-corrected chi connectivity index (χ2v) is 3.46. The van der Waals surface area contributed by atoms with Gasteiger partial charge in [0.25, 0.3) is 0 Å². The highest BCUT2D eigenvalue weighted by atomic mass is 16.5. The van der Waals surface area contributed by atoms with Crippen molar-refractivity contribution >= 4 is 5.82 Å². The summed E-state index contributed by atoms with van der Waals surface area (Å²) in [6.07, 6.45) is 0. The van der Waals surface area contributed by atoms with Crippen molar-refractivity contribution in [1.29, 1.82) is 5.26 Å². The van der Waals surface area contributed by atoms with Crippen molar-refractivity contribution in [2.45, 2.75) is 0 Å². The van der Waals surface area contributed by atoms with Crippen LogP contribution in [0.15, 0.2) is 36.4 Å². The van der Waals surface area contributed by atoms with Crippen LogP contribution in [0.25, 0.3) is 11.1 Å². The minimum atomic E-state index is 0.256. The van der Waals surface area contributed by atoms with Crippen molar-refractivity contribution < 1.29 is 4.74 Å². The monoisotopic (exact) mass is 225 g/mol. The van der Waals surface area contributed by atoms with E-state index in [1.54, 1.807) is 6.07 Å². The van der Waals surface area contributed by atoms with Gasteiger partial charge in [0.15, 0.2) is 0 Å². The fraction of sp³-hybridized carbons (Fsp3) is 0.0769. The molecule has 0 bridgehead atoms. The number of aromatic nitrogens is 1. The third-order valence-electron chi connectivity index (χ3n) is 2.40. The van der Waals surface area contributed by atoms with Gasteiger partial charge < -0.3 is 10.5 Å². The molecule has 1 heterocycles. The Bertz CT molecular complexity index is 573. The zero-order valence-electron chi connectivity index (χ0n) is 9.34. The molecule has 4 nitrogen and oxygen atoms in total. The smallest absolute Gasteiger partial charge is 0.234 e. The highest BCUT2D eigenvalue weighted by Gasteiger charge is 2.13. The van der Waals surface area contributed by atoms with Crippen molar-refractivity contribution in [3.8, 4) is 23.1 Å². The van der Waals surface area contributed by atoms with Gasteiger partial charge in [0.2, 0.25) is 5.88 Å². The van der Waals surface area contributed by atoms with Crippen LogP contribution in [-0.2, 0) is 0 Å². The zero-order valence-corrected chi connectivity index (χ0v) is 9.34. The maximum Gasteiger partial charge on any atom is 0.234 e. The lowest BCUT2D eigenvalue weighted by Gasteiger charge is -2.09. The van der Waals surface area contributed by atoms with Crippen molar-refractivity contribution in [2.24, 2.45) is 0 Å². The van der Waals surface area contributed by atoms with Crippen LogP contribution in [0.5, 0.6) is 5.88 Å². The van der Waals surface area contributed by atoms with Crippen LogP contribution >= 0.6 is 0 Å². The van der Waals surface area contributed by atoms with Gasteiger partial charge in [-0.2, -0.15) is 10.2 Å². The molecule has 4 heteroatoms. The summed E-state index contributed by atoms with van der Waals surface area (Å²) in [5, 5.41) is 9.17. The standard InChI is InChI=1S/C13H11N3O/c1-17-13-11(8-14)10(7-12(15)16-13)9-5-3-2-4-6-9/h2-7H,1H3,(H2,15,16). The van der Waals surface area contributed by atoms with E-state index in [9.17, 15) is 5.26 Å². The molecule has 0 radical (unpaired) electrons. The summed E-state index contributed by atoms with van der Waals surface area (Å²) in [4.78, 5) is 3.98. The minimum Gasteiger partial charge on any atom is -0.480 e. The molecule has 0 aliphatic rings. The summed E-state index contributed by atoms with van der Waals surface area (Å²) >= 11 is 0. The molecule has 0 fully saturated rings. The molecule has 1 aromatic heterocycles. The van der Waals surface area contributed by atoms with Gasteiger partial charge in [-0.3, -0.25) is 0 Å². The van der Waals surface area contributed by atoms with E-state index in [2.05, 4.69) is 11.1 Å². The van der Waals surface area contributed by atoms with E-state index >= 15 is 0 Å². The normalized spacial score (nSPS) is 9.65. The van der Waals surface area contributed by atoms with Gasteiger partial charge >= 0.3 is 0 Å². The summed E-state index contributed by atoms with van der Waals surface area (Å²) < 4.78 is 5.07. The molecule has 2 N–H and O–H groups in total. The predicted molar refractivity (Wildman–Crippen MR) is 65.4 cm³/mol. The molecule has 2 aromatic rings. The lowest BCUT2D eigenvalue weighted by Crippen LogP contribution is -1.99. The first-order valence-electron chi connectivity index (χ1n) is 5.06. The molecule has 2 rings (SSSR count). The van der Waals surface area contributed by atoms with Crippen molar-refractivity contribution in [3.63, 3.8) is 0 Å². The molecule has 0 saturated carbocycles. The maximum absolute atomic E-state index is 9.17. The molecular weight excluding hydrogens is 214 g/mol. The van der Waals surface area contributed by atoms with E-state index in [0.717, 1.165) is 11.1 Å². The summed E-state index contributed by atoms with van der Waals surface area (Å²) in [7, 11) is 1.47. The maximum atomic E-state index is 9.17. The Kier molecular flexibility index (Phi) is 2.93. The highest BCUT2D eigenvalue weighted by molar-refractivity contribution is 5.74. The van der Waals surface area contributed by atoms with Crippen LogP contribution in [-0.4, -0.2) is 12.1 Å². The van der Waals surface area contributed by atoms with Crippen LogP contribution < -0.4 is 10.5 Å². The Balaban J connectivity index is 2.70. The number of nitriles is 1. The fourth-order valence-corrected chi connectivity index (χ4v) is 1.64. The molecule has 0 atom stereocenters. The van der Waals surface area contributed by atoms with Crippen molar-refractivity contribution in [3.05, 3.63) is 42.0 Å². The zero-order chi connectivity index (χ0) is 12.3. The number of nitrogen functional groups attached to an aromatic ring is 1. The van der Waals surface area contributed by atoms with E-state index < -0.39 is 0 Å². The Morgan fingerprint density at radius 1 is 1.29 bits per heavy atom. The summed E-state index contributed by atoms with van der Waals surface area (Å²) in [5.74, 6) is 0.589. The van der Waals surface area contributed by atoms with Crippen LogP contribution in [0.2, 0.25) is 0 Å². The molecule has 0 amide bonds. The molecule has 0 spiro atoms. The number of rotatable bonds is 2. The Morgan fingerprint density at radius 2 is 2.00 bits per heavy atom. The molecular formula is C13H11N3O. The second kappa shape index (κ2) is 4.54. The third-order valence-corrected chi connectivity index (χ3v) is 2.40. The molecule has 84 valence electrons. The number of benzene rings is 1. The van der Waals surface area contributed by atoms with E-state index in [0.29, 0.717) is 11.4 Å². The summed E-state index contributed by atoms with van der Waals surface area (Å²) in [6.45, 7) is 0. The second-order valence-electron chi connectivity index (χ2n) is 3.46. The van der Waals surface area contributed by atoms with Gasteiger partial charge in [0, 0.05) is 5.56 Å². The molecule has 0 aliphatic carbocycles. The fourth-order valence-electron chi connectivity index (χ4n) is 1.64. The number of anilines is 1. The van der Waals surface area contributed by atoms with Crippen LogP contribution in [0.4, 0.5) is 5.82 Å². The van der Waals surface area contributed by atoms with E-state index in [-0.39, 0.29) is 5.88 Å². The van der Waals surface area contributed by atoms with Crippen LogP contribution in [0, 0.1) is 11.3 Å². The molecule has 0 aliphatic heterocycles. The summed E-state index contributed by atoms with van der Waals surface area (Å²) in [6, 6.07) is 13.3. The van der Waals surface area contributed by atoms with E-state index in [4.69, 9.17) is 10.5 Å². The van der Waals surface area contributed by atoms with Crippen LogP contribution in [0.1, 0.15) is 5.56 Å². The minimum absolute atomic E-state index is 0.256. The molecule has 0 unspecified atom stereocenters. The van der Waals surface area contributed by atoms with Gasteiger partial charge in [-0.25, -0.2) is 0 Å². The Hall–Kier alpha value is -2.54. The predicted octanol–water partition coefficient (Wildman–Crippen LogP) is 2.21. The number of hydrogen-bond donors (Lipinski definition) is 1. The number of hydrogen-bond acceptors (Lipinski definition) is 4. The van der Waals surface area contributed by atoms with Gasteiger partial charge in [-0.15, -0.1) is 0 Å². The largest absolute Gasteiger partial charge is 0.480 e. The van der Waals surface area contributed by atoms with Crippen molar-refractivity contribution in [1.82, 2.24) is 4.98 Å². The number of pyridine rings is 1. The van der Waals surface area contributed by atoms with Gasteiger partial charge in [-0.1, -0.05) is 30.3 Å². The van der Waals surface area contributed by atoms with Gasteiger partial charge in [0.1, 0.15) is 17.5 Å². The summed E-state index contributed by atoms with van der Waals surface area (Å²) in [5.41, 5.74) is 7.74. The number of methoxy groups -OCH3 is 1. The lowest BCUT2D eigenvalue weighted by molar-refractivity contribution is 0.397. The first kappa shape index (κ1) is 11.0. The highest BCUT2D eigenvalue weighted by Crippen LogP contribution is 2.30. The van der Waals surface area contributed by atoms with Gasteiger partial charge in [0.05, 0.1) is 7.11 Å². The molecule has 0 saturated heterocycles. The first-order chi connectivity index (χ1) is 8.26. The van der Waals surface area contributed by atoms with E-state index in [1.807, 2.05) is 30.3 Å². The Morgan fingerprint density at radius 3 is 2.59 bits per heavy atom. The third kappa shape index (κ3) is 2.04. The Labute approximate surface area is 99.3 Å². The molecule has 17 heavy (non-hydrogen) atoms. The first-order valence-corrected chi connectivity index (χ1v) is 5.06. The number of nitrogens with zero attached hydrogens (tertiary/aromatic N) is 2. The SMILES string of the molecule is COc1nc(N)cc(-c2ccccc2)c1C#N. The number of nitrogens with two attached hydrogens (primary N) is 1. The van der Waals surface area contributed by atoms with E-state index in [1.165, 1.54) is 7.11 Å². The van der Waals surface area contributed by atoms with Crippen LogP contribution in [0.3, 0.4) is 0 Å². The number of ether oxygens (including phenoxy) is 1. The topological polar surface area (TPSA) is 71.9 Å². The lowest BCUT2D eigenvalue weighted by atomic mass is 10.0. The molecule has 1 aromatic carbocycles. The quantitative estimate of drug-likeness (QED) is 0.850. The van der Waals surface area contributed by atoms with Gasteiger partial charge in [-0.05, 0) is 11.6 Å². The average Bonchev–Trinajstić information content (AvgIpc) is 2.38. The average molecular weight is 225 g/mol.